The Labute approximate surface area is 186 Å². The fraction of sp³-hybridized carbons (Fsp3) is 0.300. The molecule has 0 radical (unpaired) electrons. The summed E-state index contributed by atoms with van der Waals surface area (Å²) in [5.41, 5.74) is 0.154. The van der Waals surface area contributed by atoms with Gasteiger partial charge >= 0.3 is 6.18 Å². The highest BCUT2D eigenvalue weighted by molar-refractivity contribution is 8.01. The first-order chi connectivity index (χ1) is 15.0. The average Bonchev–Trinajstić information content (AvgIpc) is 3.07. The molecule has 1 saturated heterocycles. The molecule has 0 aliphatic carbocycles. The monoisotopic (exact) mass is 485 g/mol. The van der Waals surface area contributed by atoms with Crippen LogP contribution < -0.4 is 14.9 Å². The summed E-state index contributed by atoms with van der Waals surface area (Å²) >= 11 is 1.03. The minimum Gasteiger partial charge on any atom is -0.326 e. The number of fused-ring (bicyclic) bond motifs is 1. The molecule has 12 heteroatoms. The van der Waals surface area contributed by atoms with E-state index < -0.39 is 38.8 Å². The summed E-state index contributed by atoms with van der Waals surface area (Å²) in [6.07, 6.45) is -4.14. The molecule has 2 heterocycles. The molecular formula is C20H18F3N3O4S2. The Morgan fingerprint density at radius 2 is 1.91 bits per heavy atom. The zero-order valence-electron chi connectivity index (χ0n) is 16.5. The number of nitrogens with zero attached hydrogens (tertiary/aromatic N) is 1. The first-order valence-corrected chi connectivity index (χ1v) is 12.1. The Hall–Kier alpha value is -2.73. The minimum atomic E-state index is -4.52. The summed E-state index contributed by atoms with van der Waals surface area (Å²) < 4.78 is 63.9. The van der Waals surface area contributed by atoms with Crippen LogP contribution in [0, 0.1) is 0 Å². The highest BCUT2D eigenvalue weighted by Gasteiger charge is 2.34. The molecule has 1 unspecified atom stereocenters. The predicted octanol–water partition coefficient (Wildman–Crippen LogP) is 3.69. The molecule has 2 aromatic rings. The second-order valence-corrected chi connectivity index (χ2v) is 10.6. The number of hydrogen-bond donors (Lipinski definition) is 2. The maximum Gasteiger partial charge on any atom is 0.416 e. The lowest BCUT2D eigenvalue weighted by Gasteiger charge is -2.24. The van der Waals surface area contributed by atoms with Crippen LogP contribution in [0.3, 0.4) is 0 Å². The normalized spacial score (nSPS) is 19.9. The fourth-order valence-corrected chi connectivity index (χ4v) is 6.14. The Kier molecular flexibility index (Phi) is 5.84. The van der Waals surface area contributed by atoms with E-state index in [9.17, 15) is 31.2 Å². The van der Waals surface area contributed by atoms with Crippen molar-refractivity contribution in [1.82, 2.24) is 0 Å². The number of alkyl halides is 3. The number of anilines is 3. The van der Waals surface area contributed by atoms with Gasteiger partial charge in [-0.2, -0.15) is 13.2 Å². The second kappa shape index (κ2) is 8.32. The maximum atomic E-state index is 12.9. The van der Waals surface area contributed by atoms with Crippen molar-refractivity contribution in [2.75, 3.05) is 27.2 Å². The summed E-state index contributed by atoms with van der Waals surface area (Å²) in [6.45, 7) is 0.411. The van der Waals surface area contributed by atoms with Crippen molar-refractivity contribution < 1.29 is 31.2 Å². The van der Waals surface area contributed by atoms with Gasteiger partial charge in [-0.3, -0.25) is 13.9 Å². The third kappa shape index (κ3) is 4.70. The van der Waals surface area contributed by atoms with E-state index in [-0.39, 0.29) is 17.9 Å². The summed E-state index contributed by atoms with van der Waals surface area (Å²) in [5.74, 6) is -0.895. The van der Waals surface area contributed by atoms with Gasteiger partial charge in [0.25, 0.3) is 0 Å². The van der Waals surface area contributed by atoms with E-state index in [1.807, 2.05) is 0 Å². The van der Waals surface area contributed by atoms with Crippen LogP contribution in [0.2, 0.25) is 0 Å². The quantitative estimate of drug-likeness (QED) is 0.689. The molecule has 1 fully saturated rings. The van der Waals surface area contributed by atoms with Crippen LogP contribution >= 0.6 is 11.8 Å². The predicted molar refractivity (Wildman–Crippen MR) is 115 cm³/mol. The third-order valence-corrected chi connectivity index (χ3v) is 8.18. The van der Waals surface area contributed by atoms with Gasteiger partial charge in [0.1, 0.15) is 0 Å². The molecule has 1 atom stereocenters. The van der Waals surface area contributed by atoms with E-state index in [0.29, 0.717) is 29.2 Å². The van der Waals surface area contributed by atoms with Crippen LogP contribution in [0.25, 0.3) is 0 Å². The van der Waals surface area contributed by atoms with Crippen LogP contribution in [0.5, 0.6) is 0 Å². The molecule has 0 spiro atoms. The van der Waals surface area contributed by atoms with Gasteiger partial charge in [0.05, 0.1) is 27.9 Å². The summed E-state index contributed by atoms with van der Waals surface area (Å²) in [7, 11) is -3.30. The Morgan fingerprint density at radius 3 is 2.53 bits per heavy atom. The summed E-state index contributed by atoms with van der Waals surface area (Å²) in [5, 5.41) is 4.29. The Morgan fingerprint density at radius 1 is 1.19 bits per heavy atom. The van der Waals surface area contributed by atoms with Gasteiger partial charge in [0.2, 0.25) is 21.8 Å². The van der Waals surface area contributed by atoms with E-state index >= 15 is 0 Å². The van der Waals surface area contributed by atoms with Crippen molar-refractivity contribution in [3.8, 4) is 0 Å². The zero-order chi connectivity index (χ0) is 23.1. The summed E-state index contributed by atoms with van der Waals surface area (Å²) in [6, 6.07) is 9.41. The number of nitrogens with one attached hydrogen (secondary N) is 2. The largest absolute Gasteiger partial charge is 0.416 e. The van der Waals surface area contributed by atoms with Crippen LogP contribution in [0.1, 0.15) is 18.4 Å². The molecule has 2 N–H and O–H groups in total. The lowest BCUT2D eigenvalue weighted by Crippen LogP contribution is -2.32. The van der Waals surface area contributed by atoms with E-state index in [4.69, 9.17) is 0 Å². The topological polar surface area (TPSA) is 95.6 Å². The maximum absolute atomic E-state index is 12.9. The van der Waals surface area contributed by atoms with Crippen molar-refractivity contribution in [2.45, 2.75) is 29.2 Å². The van der Waals surface area contributed by atoms with Crippen molar-refractivity contribution in [3.05, 3.63) is 48.0 Å². The van der Waals surface area contributed by atoms with Gasteiger partial charge in [-0.15, -0.1) is 11.8 Å². The highest BCUT2D eigenvalue weighted by atomic mass is 32.2. The van der Waals surface area contributed by atoms with Gasteiger partial charge in [-0.1, -0.05) is 0 Å². The number of rotatable bonds is 4. The van der Waals surface area contributed by atoms with Crippen molar-refractivity contribution >= 4 is 50.7 Å². The third-order valence-electron chi connectivity index (χ3n) is 5.04. The molecule has 2 aliphatic rings. The second-order valence-electron chi connectivity index (χ2n) is 7.35. The lowest BCUT2D eigenvalue weighted by atomic mass is 10.1. The molecule has 0 saturated carbocycles. The van der Waals surface area contributed by atoms with E-state index in [1.54, 1.807) is 24.3 Å². The van der Waals surface area contributed by atoms with Gasteiger partial charge in [0, 0.05) is 23.5 Å². The Balaban J connectivity index is 1.39. The van der Waals surface area contributed by atoms with Gasteiger partial charge < -0.3 is 10.6 Å². The zero-order valence-corrected chi connectivity index (χ0v) is 18.1. The number of halogens is 3. The van der Waals surface area contributed by atoms with Crippen molar-refractivity contribution in [2.24, 2.45) is 0 Å². The Bertz CT molecular complexity index is 1170. The van der Waals surface area contributed by atoms with Crippen molar-refractivity contribution in [1.29, 1.82) is 0 Å². The van der Waals surface area contributed by atoms with Gasteiger partial charge in [-0.25, -0.2) is 8.42 Å². The number of sulfonamides is 1. The standard InChI is InChI=1S/C20H18F3N3O4S2/c21-20(22,23)12-2-7-16-15(10-12)25-19(28)17(31-16)11-18(27)24-13-3-5-14(6-4-13)26-8-1-9-32(26,29)30/h2-7,10,17H,1,8-9,11H2,(H,24,27)(H,25,28). The molecule has 2 aromatic carbocycles. The van der Waals surface area contributed by atoms with Crippen molar-refractivity contribution in [3.63, 3.8) is 0 Å². The SMILES string of the molecule is O=C(CC1Sc2ccc(C(F)(F)F)cc2NC1=O)Nc1ccc(N2CCCS2(=O)=O)cc1. The molecule has 32 heavy (non-hydrogen) atoms. The van der Waals surface area contributed by atoms with Crippen LogP contribution in [-0.2, 0) is 25.8 Å². The van der Waals surface area contributed by atoms with Gasteiger partial charge in [0.15, 0.2) is 0 Å². The molecule has 7 nitrogen and oxygen atoms in total. The molecule has 170 valence electrons. The van der Waals surface area contributed by atoms with Crippen LogP contribution in [-0.4, -0.2) is 37.8 Å². The number of carbonyl (C=O) groups is 2. The van der Waals surface area contributed by atoms with Gasteiger partial charge in [-0.05, 0) is 48.9 Å². The average molecular weight is 486 g/mol. The number of amides is 2. The van der Waals surface area contributed by atoms with E-state index in [1.165, 1.54) is 10.4 Å². The number of carbonyl (C=O) groups excluding carboxylic acids is 2. The number of thioether (sulfide) groups is 1. The smallest absolute Gasteiger partial charge is 0.326 e. The number of hydrogen-bond acceptors (Lipinski definition) is 5. The molecular weight excluding hydrogens is 467 g/mol. The number of benzene rings is 2. The lowest BCUT2D eigenvalue weighted by molar-refractivity contribution is -0.137. The first kappa shape index (κ1) is 22.5. The molecule has 2 amide bonds. The molecule has 0 aromatic heterocycles. The highest BCUT2D eigenvalue weighted by Crippen LogP contribution is 2.40. The molecule has 2 aliphatic heterocycles. The molecule has 0 bridgehead atoms. The minimum absolute atomic E-state index is 0.0685. The van der Waals surface area contributed by atoms with E-state index in [0.717, 1.165) is 23.9 Å². The first-order valence-electron chi connectivity index (χ1n) is 9.62. The van der Waals surface area contributed by atoms with Crippen LogP contribution in [0.4, 0.5) is 30.2 Å². The molecule has 4 rings (SSSR count). The fourth-order valence-electron chi connectivity index (χ4n) is 3.48. The van der Waals surface area contributed by atoms with Crippen LogP contribution in [0.15, 0.2) is 47.4 Å². The van der Waals surface area contributed by atoms with E-state index in [2.05, 4.69) is 10.6 Å². The summed E-state index contributed by atoms with van der Waals surface area (Å²) in [4.78, 5) is 25.2.